The van der Waals surface area contributed by atoms with Crippen molar-refractivity contribution in [2.24, 2.45) is 5.73 Å². The van der Waals surface area contributed by atoms with E-state index in [9.17, 15) is 9.59 Å². The number of methoxy groups -OCH3 is 1. The van der Waals surface area contributed by atoms with Gasteiger partial charge >= 0.3 is 6.03 Å². The number of likely N-dealkylation sites (tertiary alicyclic amines) is 1. The first-order chi connectivity index (χ1) is 7.11. The first-order valence-corrected chi connectivity index (χ1v) is 4.96. The van der Waals surface area contributed by atoms with Crippen LogP contribution in [0.4, 0.5) is 4.79 Å². The predicted molar refractivity (Wildman–Crippen MR) is 54.2 cm³/mol. The predicted octanol–water partition coefficient (Wildman–Crippen LogP) is -0.708. The summed E-state index contributed by atoms with van der Waals surface area (Å²) >= 11 is 0. The number of rotatable bonds is 3. The highest BCUT2D eigenvalue weighted by molar-refractivity contribution is 5.94. The third kappa shape index (κ3) is 4.26. The minimum Gasteiger partial charge on any atom is -0.381 e. The Hall–Kier alpha value is -1.14. The second kappa shape index (κ2) is 5.67. The Bertz CT molecular complexity index is 237. The van der Waals surface area contributed by atoms with Crippen LogP contribution in [0.25, 0.3) is 0 Å². The Balaban J connectivity index is 2.23. The van der Waals surface area contributed by atoms with E-state index >= 15 is 0 Å². The molecule has 1 heterocycles. The van der Waals surface area contributed by atoms with Gasteiger partial charge in [0.15, 0.2) is 0 Å². The maximum Gasteiger partial charge on any atom is 0.318 e. The Morgan fingerprint density at radius 2 is 2.07 bits per heavy atom. The molecule has 0 spiro atoms. The number of primary amides is 1. The Kier molecular flexibility index (Phi) is 4.51. The maximum atomic E-state index is 11.2. The van der Waals surface area contributed by atoms with Crippen molar-refractivity contribution >= 4 is 11.9 Å². The van der Waals surface area contributed by atoms with Crippen molar-refractivity contribution in [2.45, 2.75) is 18.9 Å². The second-order valence-electron chi connectivity index (χ2n) is 3.62. The van der Waals surface area contributed by atoms with Crippen LogP contribution < -0.4 is 11.1 Å². The van der Waals surface area contributed by atoms with E-state index in [1.54, 1.807) is 7.11 Å². The fourth-order valence-corrected chi connectivity index (χ4v) is 1.68. The summed E-state index contributed by atoms with van der Waals surface area (Å²) in [5, 5.41) is 2.04. The topological polar surface area (TPSA) is 84.7 Å². The van der Waals surface area contributed by atoms with Crippen LogP contribution in [0.2, 0.25) is 0 Å². The lowest BCUT2D eigenvalue weighted by Crippen LogP contribution is -2.45. The molecule has 0 radical (unpaired) electrons. The summed E-state index contributed by atoms with van der Waals surface area (Å²) in [7, 11) is 1.69. The quantitative estimate of drug-likeness (QED) is 0.651. The van der Waals surface area contributed by atoms with Crippen LogP contribution in [0, 0.1) is 0 Å². The highest BCUT2D eigenvalue weighted by Gasteiger charge is 2.20. The molecule has 1 fully saturated rings. The maximum absolute atomic E-state index is 11.2. The monoisotopic (exact) mass is 215 g/mol. The summed E-state index contributed by atoms with van der Waals surface area (Å²) in [6.45, 7) is 1.84. The average Bonchev–Trinajstić information content (AvgIpc) is 2.17. The molecule has 1 rings (SSSR count). The minimum absolute atomic E-state index is 0.222. The standard InChI is InChI=1S/C9H17N3O3/c1-15-7-2-4-12(5-3-7)6-8(13)11-9(10)14/h7H,2-6H2,1H3,(H3,10,11,13,14). The molecule has 0 aliphatic carbocycles. The highest BCUT2D eigenvalue weighted by atomic mass is 16.5. The van der Waals surface area contributed by atoms with Gasteiger partial charge in [0.05, 0.1) is 12.6 Å². The highest BCUT2D eigenvalue weighted by Crippen LogP contribution is 2.11. The first kappa shape index (κ1) is 11.9. The van der Waals surface area contributed by atoms with Gasteiger partial charge < -0.3 is 10.5 Å². The minimum atomic E-state index is -0.799. The summed E-state index contributed by atoms with van der Waals surface area (Å²) in [5.41, 5.74) is 4.83. The van der Waals surface area contributed by atoms with Crippen LogP contribution in [0.5, 0.6) is 0 Å². The van der Waals surface area contributed by atoms with Gasteiger partial charge in [-0.2, -0.15) is 0 Å². The lowest BCUT2D eigenvalue weighted by atomic mass is 10.1. The number of nitrogens with two attached hydrogens (primary N) is 1. The fraction of sp³-hybridized carbons (Fsp3) is 0.778. The van der Waals surface area contributed by atoms with Gasteiger partial charge in [0.1, 0.15) is 0 Å². The first-order valence-electron chi connectivity index (χ1n) is 4.96. The molecule has 0 unspecified atom stereocenters. The number of carbonyl (C=O) groups excluding carboxylic acids is 2. The molecule has 1 aliphatic rings. The van der Waals surface area contributed by atoms with Crippen LogP contribution in [0.3, 0.4) is 0 Å². The third-order valence-electron chi connectivity index (χ3n) is 2.50. The van der Waals surface area contributed by atoms with Crippen molar-refractivity contribution in [1.29, 1.82) is 0 Å². The lowest BCUT2D eigenvalue weighted by Gasteiger charge is -2.30. The molecular formula is C9H17N3O3. The van der Waals surface area contributed by atoms with E-state index in [1.165, 1.54) is 0 Å². The van der Waals surface area contributed by atoms with Crippen molar-refractivity contribution in [3.05, 3.63) is 0 Å². The summed E-state index contributed by atoms with van der Waals surface area (Å²) in [6.07, 6.45) is 2.13. The Morgan fingerprint density at radius 1 is 1.47 bits per heavy atom. The number of nitrogens with one attached hydrogen (secondary N) is 1. The molecule has 6 heteroatoms. The number of ether oxygens (including phenoxy) is 1. The summed E-state index contributed by atoms with van der Waals surface area (Å²) in [6, 6.07) is -0.799. The number of nitrogens with zero attached hydrogens (tertiary/aromatic N) is 1. The smallest absolute Gasteiger partial charge is 0.318 e. The number of imide groups is 1. The van der Waals surface area contributed by atoms with Gasteiger partial charge in [-0.1, -0.05) is 0 Å². The normalized spacial score (nSPS) is 18.7. The van der Waals surface area contributed by atoms with Gasteiger partial charge in [-0.15, -0.1) is 0 Å². The van der Waals surface area contributed by atoms with E-state index in [4.69, 9.17) is 10.5 Å². The van der Waals surface area contributed by atoms with Crippen molar-refractivity contribution in [2.75, 3.05) is 26.7 Å². The van der Waals surface area contributed by atoms with Crippen LogP contribution in [0.1, 0.15) is 12.8 Å². The number of amides is 3. The molecule has 86 valence electrons. The van der Waals surface area contributed by atoms with Crippen LogP contribution in [0.15, 0.2) is 0 Å². The SMILES string of the molecule is COC1CCN(CC(=O)NC(N)=O)CC1. The second-order valence-corrected chi connectivity index (χ2v) is 3.62. The van der Waals surface area contributed by atoms with Crippen molar-refractivity contribution in [3.63, 3.8) is 0 Å². The van der Waals surface area contributed by atoms with E-state index in [0.29, 0.717) is 6.10 Å². The largest absolute Gasteiger partial charge is 0.381 e. The summed E-state index contributed by atoms with van der Waals surface area (Å²) in [5.74, 6) is -0.349. The zero-order chi connectivity index (χ0) is 11.3. The molecule has 0 atom stereocenters. The Labute approximate surface area is 88.7 Å². The van der Waals surface area contributed by atoms with E-state index in [-0.39, 0.29) is 12.5 Å². The van der Waals surface area contributed by atoms with E-state index < -0.39 is 6.03 Å². The molecule has 3 N–H and O–H groups in total. The van der Waals surface area contributed by atoms with Crippen molar-refractivity contribution in [1.82, 2.24) is 10.2 Å². The molecule has 3 amide bonds. The molecule has 0 aromatic carbocycles. The van der Waals surface area contributed by atoms with Gasteiger partial charge in [0.25, 0.3) is 0 Å². The zero-order valence-corrected chi connectivity index (χ0v) is 8.86. The summed E-state index contributed by atoms with van der Waals surface area (Å²) < 4.78 is 5.21. The van der Waals surface area contributed by atoms with Gasteiger partial charge in [0.2, 0.25) is 5.91 Å². The number of hydrogen-bond donors (Lipinski definition) is 2. The van der Waals surface area contributed by atoms with Crippen molar-refractivity contribution < 1.29 is 14.3 Å². The number of piperidine rings is 1. The Morgan fingerprint density at radius 3 is 2.53 bits per heavy atom. The molecule has 6 nitrogen and oxygen atoms in total. The molecule has 15 heavy (non-hydrogen) atoms. The summed E-state index contributed by atoms with van der Waals surface area (Å²) in [4.78, 5) is 23.6. The molecule has 0 bridgehead atoms. The average molecular weight is 215 g/mol. The van der Waals surface area contributed by atoms with Gasteiger partial charge in [-0.3, -0.25) is 15.0 Å². The lowest BCUT2D eigenvalue weighted by molar-refractivity contribution is -0.121. The van der Waals surface area contributed by atoms with Crippen LogP contribution in [-0.4, -0.2) is 49.7 Å². The zero-order valence-electron chi connectivity index (χ0n) is 8.86. The van der Waals surface area contributed by atoms with E-state index in [1.807, 2.05) is 10.2 Å². The van der Waals surface area contributed by atoms with Crippen molar-refractivity contribution in [3.8, 4) is 0 Å². The van der Waals surface area contributed by atoms with E-state index in [0.717, 1.165) is 25.9 Å². The van der Waals surface area contributed by atoms with Crippen LogP contribution in [-0.2, 0) is 9.53 Å². The van der Waals surface area contributed by atoms with Crippen LogP contribution >= 0.6 is 0 Å². The third-order valence-corrected chi connectivity index (χ3v) is 2.50. The molecule has 1 aliphatic heterocycles. The van der Waals surface area contributed by atoms with E-state index in [2.05, 4.69) is 0 Å². The van der Waals surface area contributed by atoms with Gasteiger partial charge in [0, 0.05) is 20.2 Å². The van der Waals surface area contributed by atoms with Gasteiger partial charge in [-0.05, 0) is 12.8 Å². The molecule has 1 saturated heterocycles. The molecule has 0 aromatic rings. The number of carbonyl (C=O) groups is 2. The number of hydrogen-bond acceptors (Lipinski definition) is 4. The fourth-order valence-electron chi connectivity index (χ4n) is 1.68. The van der Waals surface area contributed by atoms with Gasteiger partial charge in [-0.25, -0.2) is 4.79 Å². The molecule has 0 aromatic heterocycles. The number of urea groups is 1. The molecular weight excluding hydrogens is 198 g/mol. The molecule has 0 saturated carbocycles.